The van der Waals surface area contributed by atoms with Crippen molar-refractivity contribution in [3.8, 4) is 0 Å². The van der Waals surface area contributed by atoms with Crippen molar-refractivity contribution in [1.29, 1.82) is 0 Å². The molecule has 0 aliphatic carbocycles. The predicted molar refractivity (Wildman–Crippen MR) is 116 cm³/mol. The summed E-state index contributed by atoms with van der Waals surface area (Å²) in [5, 5.41) is 0. The number of rotatable bonds is 16. The van der Waals surface area contributed by atoms with Crippen molar-refractivity contribution < 1.29 is 19.4 Å². The van der Waals surface area contributed by atoms with Crippen LogP contribution in [0.25, 0.3) is 0 Å². The van der Waals surface area contributed by atoms with Crippen molar-refractivity contribution in [2.75, 3.05) is 0 Å². The molecule has 4 heteroatoms. The van der Waals surface area contributed by atoms with Crippen molar-refractivity contribution in [2.24, 2.45) is 10.8 Å². The highest BCUT2D eigenvalue weighted by molar-refractivity contribution is 5.80. The van der Waals surface area contributed by atoms with E-state index in [9.17, 15) is 9.59 Å². The Labute approximate surface area is 174 Å². The molecule has 0 aromatic rings. The van der Waals surface area contributed by atoms with Crippen LogP contribution in [0.4, 0.5) is 0 Å². The number of carbonyl (C=O) groups excluding carboxylic acids is 2. The van der Waals surface area contributed by atoms with Crippen molar-refractivity contribution in [2.45, 2.75) is 131 Å². The summed E-state index contributed by atoms with van der Waals surface area (Å²) in [4.78, 5) is 36.4. The monoisotopic (exact) mass is 398 g/mol. The molecule has 0 spiro atoms. The van der Waals surface area contributed by atoms with Crippen LogP contribution in [0.5, 0.6) is 0 Å². The summed E-state index contributed by atoms with van der Waals surface area (Å²) in [6, 6.07) is 0. The fraction of sp³-hybridized carbons (Fsp3) is 0.917. The Morgan fingerprint density at radius 3 is 0.964 bits per heavy atom. The summed E-state index contributed by atoms with van der Waals surface area (Å²) in [5.74, 6) is -0.720. The smallest absolute Gasteiger partial charge is 0.247 e. The van der Waals surface area contributed by atoms with Gasteiger partial charge < -0.3 is 0 Å². The Hall–Kier alpha value is -1.06. The minimum absolute atomic E-state index is 0.360. The Morgan fingerprint density at radius 2 is 0.786 bits per heavy atom. The molecule has 0 rings (SSSR count). The van der Waals surface area contributed by atoms with Crippen molar-refractivity contribution in [3.63, 3.8) is 0 Å². The first-order chi connectivity index (χ1) is 13.4. The first-order valence-corrected chi connectivity index (χ1v) is 11.8. The SMILES string of the molecule is CCCCC(CC)(CCCC)C(=O)OOC(=O)C(CC)(CCCC)CCCC. The number of carbonyl (C=O) groups is 2. The van der Waals surface area contributed by atoms with Gasteiger partial charge in [-0.05, 0) is 38.5 Å². The van der Waals surface area contributed by atoms with Gasteiger partial charge in [-0.2, -0.15) is 0 Å². The Morgan fingerprint density at radius 1 is 0.536 bits per heavy atom. The Kier molecular flexibility index (Phi) is 14.3. The molecule has 0 saturated heterocycles. The van der Waals surface area contributed by atoms with Crippen LogP contribution in [0.15, 0.2) is 0 Å². The normalized spacial score (nSPS) is 12.1. The quantitative estimate of drug-likeness (QED) is 0.199. The minimum atomic E-state index is -0.534. The van der Waals surface area contributed by atoms with Gasteiger partial charge in [0.15, 0.2) is 0 Å². The molecule has 0 unspecified atom stereocenters. The molecule has 0 fully saturated rings. The highest BCUT2D eigenvalue weighted by atomic mass is 17.2. The highest BCUT2D eigenvalue weighted by Gasteiger charge is 2.42. The average molecular weight is 399 g/mol. The van der Waals surface area contributed by atoms with Crippen molar-refractivity contribution >= 4 is 11.9 Å². The van der Waals surface area contributed by atoms with Crippen LogP contribution in [0, 0.1) is 10.8 Å². The molecule has 0 atom stereocenters. The highest BCUT2D eigenvalue weighted by Crippen LogP contribution is 2.38. The van der Waals surface area contributed by atoms with E-state index in [1.165, 1.54) is 0 Å². The lowest BCUT2D eigenvalue weighted by molar-refractivity contribution is -0.275. The van der Waals surface area contributed by atoms with Crippen molar-refractivity contribution in [3.05, 3.63) is 0 Å². The van der Waals surface area contributed by atoms with E-state index in [-0.39, 0.29) is 11.9 Å². The van der Waals surface area contributed by atoms with Crippen LogP contribution in [0.2, 0.25) is 0 Å². The molecule has 0 saturated carbocycles. The number of unbranched alkanes of at least 4 members (excludes halogenated alkanes) is 4. The maximum atomic E-state index is 13.0. The molecular formula is C24H46O4. The van der Waals surface area contributed by atoms with Crippen molar-refractivity contribution in [1.82, 2.24) is 0 Å². The predicted octanol–water partition coefficient (Wildman–Crippen LogP) is 7.54. The van der Waals surface area contributed by atoms with E-state index in [0.717, 1.165) is 77.0 Å². The van der Waals surface area contributed by atoms with Gasteiger partial charge in [0.25, 0.3) is 0 Å². The third kappa shape index (κ3) is 8.13. The largest absolute Gasteiger partial charge is 0.361 e. The van der Waals surface area contributed by atoms with E-state index in [0.29, 0.717) is 12.8 Å². The third-order valence-corrected chi connectivity index (χ3v) is 6.45. The van der Waals surface area contributed by atoms with Gasteiger partial charge in [0, 0.05) is 0 Å². The van der Waals surface area contributed by atoms with E-state index >= 15 is 0 Å². The summed E-state index contributed by atoms with van der Waals surface area (Å²) in [5.41, 5.74) is -1.07. The van der Waals surface area contributed by atoms with Gasteiger partial charge in [0.1, 0.15) is 0 Å². The minimum Gasteiger partial charge on any atom is -0.247 e. The third-order valence-electron chi connectivity index (χ3n) is 6.45. The summed E-state index contributed by atoms with van der Waals surface area (Å²) in [6.07, 6.45) is 12.7. The lowest BCUT2D eigenvalue weighted by atomic mass is 9.76. The van der Waals surface area contributed by atoms with E-state index in [2.05, 4.69) is 27.7 Å². The maximum absolute atomic E-state index is 13.0. The maximum Gasteiger partial charge on any atom is 0.361 e. The van der Waals surface area contributed by atoms with Gasteiger partial charge in [-0.25, -0.2) is 19.4 Å². The zero-order valence-corrected chi connectivity index (χ0v) is 19.5. The fourth-order valence-electron chi connectivity index (χ4n) is 3.97. The summed E-state index contributed by atoms with van der Waals surface area (Å²) < 4.78 is 0. The second kappa shape index (κ2) is 14.9. The molecule has 28 heavy (non-hydrogen) atoms. The molecule has 0 bridgehead atoms. The van der Waals surface area contributed by atoms with Crippen LogP contribution in [-0.2, 0) is 19.4 Å². The molecule has 4 nitrogen and oxygen atoms in total. The lowest BCUT2D eigenvalue weighted by Gasteiger charge is -2.32. The topological polar surface area (TPSA) is 52.6 Å². The summed E-state index contributed by atoms with van der Waals surface area (Å²) in [7, 11) is 0. The molecule has 0 aliphatic heterocycles. The second-order valence-corrected chi connectivity index (χ2v) is 8.42. The summed E-state index contributed by atoms with van der Waals surface area (Å²) >= 11 is 0. The first-order valence-electron chi connectivity index (χ1n) is 11.8. The van der Waals surface area contributed by atoms with Crippen LogP contribution < -0.4 is 0 Å². The molecule has 0 aromatic heterocycles. The number of hydrogen-bond acceptors (Lipinski definition) is 4. The molecular weight excluding hydrogens is 352 g/mol. The second-order valence-electron chi connectivity index (χ2n) is 8.42. The molecule has 0 aliphatic rings. The van der Waals surface area contributed by atoms with Gasteiger partial charge in [-0.1, -0.05) is 92.9 Å². The molecule has 0 amide bonds. The van der Waals surface area contributed by atoms with Crippen LogP contribution in [0.1, 0.15) is 131 Å². The Balaban J connectivity index is 5.22. The van der Waals surface area contributed by atoms with E-state index in [1.807, 2.05) is 13.8 Å². The zero-order chi connectivity index (χ0) is 21.5. The molecule has 0 aromatic carbocycles. The van der Waals surface area contributed by atoms with E-state index < -0.39 is 10.8 Å². The van der Waals surface area contributed by atoms with Crippen LogP contribution in [-0.4, -0.2) is 11.9 Å². The van der Waals surface area contributed by atoms with Crippen LogP contribution in [0.3, 0.4) is 0 Å². The zero-order valence-electron chi connectivity index (χ0n) is 19.5. The molecule has 0 heterocycles. The van der Waals surface area contributed by atoms with E-state index in [1.54, 1.807) is 0 Å². The molecule has 166 valence electrons. The summed E-state index contributed by atoms with van der Waals surface area (Å²) in [6.45, 7) is 12.6. The van der Waals surface area contributed by atoms with Gasteiger partial charge in [0.2, 0.25) is 0 Å². The van der Waals surface area contributed by atoms with Gasteiger partial charge in [-0.3, -0.25) is 0 Å². The van der Waals surface area contributed by atoms with Gasteiger partial charge in [0.05, 0.1) is 10.8 Å². The Bertz CT molecular complexity index is 374. The number of hydrogen-bond donors (Lipinski definition) is 0. The van der Waals surface area contributed by atoms with Crippen LogP contribution >= 0.6 is 0 Å². The average Bonchev–Trinajstić information content (AvgIpc) is 2.72. The lowest BCUT2D eigenvalue weighted by Crippen LogP contribution is -2.37. The first kappa shape index (κ1) is 26.9. The van der Waals surface area contributed by atoms with Gasteiger partial charge >= 0.3 is 11.9 Å². The molecule has 0 N–H and O–H groups in total. The fourth-order valence-corrected chi connectivity index (χ4v) is 3.97. The molecule has 0 radical (unpaired) electrons. The van der Waals surface area contributed by atoms with Gasteiger partial charge in [-0.15, -0.1) is 0 Å². The standard InChI is InChI=1S/C24H46O4/c1-7-13-17-23(11-5,18-14-8-2)21(25)27-28-22(26)24(12-6,19-15-9-3)20-16-10-4/h7-20H2,1-6H3. The van der Waals surface area contributed by atoms with E-state index in [4.69, 9.17) is 9.78 Å².